The van der Waals surface area contributed by atoms with Crippen LogP contribution in [0.25, 0.3) is 0 Å². The molecule has 1 aliphatic heterocycles. The minimum atomic E-state index is -3.92. The maximum Gasteiger partial charge on any atom is 0.319 e. The SMILES string of the molecule is CCC1CNC2(CCCCC2)CN1CC(F)(F)C(F)F. The number of nitrogens with one attached hydrogen (secondary N) is 1. The van der Waals surface area contributed by atoms with Crippen molar-refractivity contribution < 1.29 is 17.6 Å². The van der Waals surface area contributed by atoms with Gasteiger partial charge in [-0.1, -0.05) is 26.2 Å². The van der Waals surface area contributed by atoms with E-state index in [1.54, 1.807) is 4.90 Å². The number of alkyl halides is 4. The van der Waals surface area contributed by atoms with Gasteiger partial charge in [0, 0.05) is 24.7 Å². The molecule has 6 heteroatoms. The summed E-state index contributed by atoms with van der Waals surface area (Å²) in [4.78, 5) is 1.59. The molecule has 2 fully saturated rings. The smallest absolute Gasteiger partial charge is 0.308 e. The van der Waals surface area contributed by atoms with Crippen molar-refractivity contribution in [2.24, 2.45) is 0 Å². The summed E-state index contributed by atoms with van der Waals surface area (Å²) in [5.74, 6) is -3.92. The largest absolute Gasteiger partial charge is 0.319 e. The maximum absolute atomic E-state index is 13.4. The van der Waals surface area contributed by atoms with Gasteiger partial charge in [0.15, 0.2) is 0 Å². The molecule has 2 nitrogen and oxygen atoms in total. The molecule has 2 rings (SSSR count). The van der Waals surface area contributed by atoms with E-state index in [9.17, 15) is 17.6 Å². The van der Waals surface area contributed by atoms with Crippen LogP contribution in [0, 0.1) is 0 Å². The second-order valence-corrected chi connectivity index (χ2v) is 6.25. The van der Waals surface area contributed by atoms with Crippen LogP contribution in [-0.2, 0) is 0 Å². The van der Waals surface area contributed by atoms with Crippen molar-refractivity contribution in [2.75, 3.05) is 19.6 Å². The molecule has 1 atom stereocenters. The zero-order valence-corrected chi connectivity index (χ0v) is 12.0. The minimum absolute atomic E-state index is 0.0767. The summed E-state index contributed by atoms with van der Waals surface area (Å²) in [6.45, 7) is 2.18. The highest BCUT2D eigenvalue weighted by Gasteiger charge is 2.47. The third kappa shape index (κ3) is 3.45. The van der Waals surface area contributed by atoms with Crippen molar-refractivity contribution in [2.45, 2.75) is 69.4 Å². The van der Waals surface area contributed by atoms with Crippen molar-refractivity contribution in [3.8, 4) is 0 Å². The Bertz CT molecular complexity index is 316. The van der Waals surface area contributed by atoms with Gasteiger partial charge in [-0.3, -0.25) is 4.90 Å². The first-order chi connectivity index (χ1) is 9.38. The van der Waals surface area contributed by atoms with Crippen molar-refractivity contribution >= 4 is 0 Å². The lowest BCUT2D eigenvalue weighted by molar-refractivity contribution is -0.152. The number of rotatable bonds is 4. The molecular formula is C14H24F4N2. The van der Waals surface area contributed by atoms with E-state index in [1.807, 2.05) is 6.92 Å². The molecule has 1 unspecified atom stereocenters. The molecule has 1 saturated heterocycles. The van der Waals surface area contributed by atoms with Crippen LogP contribution >= 0.6 is 0 Å². The van der Waals surface area contributed by atoms with E-state index in [0.717, 1.165) is 25.7 Å². The van der Waals surface area contributed by atoms with Gasteiger partial charge in [0.05, 0.1) is 6.54 Å². The Balaban J connectivity index is 2.06. The molecule has 1 heterocycles. The molecule has 1 aliphatic carbocycles. The number of nitrogens with zero attached hydrogens (tertiary/aromatic N) is 1. The van der Waals surface area contributed by atoms with Crippen LogP contribution in [0.5, 0.6) is 0 Å². The number of hydrogen-bond donors (Lipinski definition) is 1. The van der Waals surface area contributed by atoms with Gasteiger partial charge in [-0.15, -0.1) is 0 Å². The Morgan fingerprint density at radius 2 is 1.90 bits per heavy atom. The second kappa shape index (κ2) is 6.18. The Hall–Kier alpha value is -0.360. The fourth-order valence-corrected chi connectivity index (χ4v) is 3.53. The highest BCUT2D eigenvalue weighted by Crippen LogP contribution is 2.34. The van der Waals surface area contributed by atoms with E-state index in [-0.39, 0.29) is 11.6 Å². The molecule has 0 amide bonds. The topological polar surface area (TPSA) is 15.3 Å². The number of hydrogen-bond acceptors (Lipinski definition) is 2. The van der Waals surface area contributed by atoms with Crippen molar-refractivity contribution in [3.63, 3.8) is 0 Å². The predicted molar refractivity (Wildman–Crippen MR) is 70.4 cm³/mol. The van der Waals surface area contributed by atoms with Gasteiger partial charge >= 0.3 is 12.3 Å². The van der Waals surface area contributed by atoms with Crippen LogP contribution in [-0.4, -0.2) is 48.5 Å². The summed E-state index contributed by atoms with van der Waals surface area (Å²) in [6.07, 6.45) is 2.37. The fraction of sp³-hybridized carbons (Fsp3) is 1.00. The first-order valence-corrected chi connectivity index (χ1v) is 7.54. The summed E-state index contributed by atoms with van der Waals surface area (Å²) < 4.78 is 51.6. The molecule has 20 heavy (non-hydrogen) atoms. The van der Waals surface area contributed by atoms with Gasteiger partial charge in [-0.05, 0) is 19.3 Å². The highest BCUT2D eigenvalue weighted by atomic mass is 19.3. The van der Waals surface area contributed by atoms with E-state index in [4.69, 9.17) is 0 Å². The number of piperazine rings is 1. The quantitative estimate of drug-likeness (QED) is 0.801. The molecule has 0 bridgehead atoms. The van der Waals surface area contributed by atoms with Crippen LogP contribution in [0.3, 0.4) is 0 Å². The minimum Gasteiger partial charge on any atom is -0.308 e. The molecule has 1 spiro atoms. The summed E-state index contributed by atoms with van der Waals surface area (Å²) in [6, 6.07) is -0.0767. The standard InChI is InChI=1S/C14H24F4N2/c1-2-11-8-19-13(6-4-3-5-7-13)9-20(11)10-14(17,18)12(15)16/h11-12,19H,2-10H2,1H3. The lowest BCUT2D eigenvalue weighted by Crippen LogP contribution is -2.66. The molecule has 0 radical (unpaired) electrons. The van der Waals surface area contributed by atoms with Crippen molar-refractivity contribution in [3.05, 3.63) is 0 Å². The Morgan fingerprint density at radius 1 is 1.25 bits per heavy atom. The Labute approximate surface area is 117 Å². The van der Waals surface area contributed by atoms with Gasteiger partial charge in [0.25, 0.3) is 0 Å². The fourth-order valence-electron chi connectivity index (χ4n) is 3.53. The van der Waals surface area contributed by atoms with Gasteiger partial charge in [0.2, 0.25) is 0 Å². The van der Waals surface area contributed by atoms with Crippen molar-refractivity contribution in [1.29, 1.82) is 0 Å². The van der Waals surface area contributed by atoms with Crippen molar-refractivity contribution in [1.82, 2.24) is 10.2 Å². The summed E-state index contributed by atoms with van der Waals surface area (Å²) in [5, 5.41) is 3.51. The first-order valence-electron chi connectivity index (χ1n) is 7.54. The molecule has 2 aliphatic rings. The first kappa shape index (κ1) is 16.0. The molecule has 1 N–H and O–H groups in total. The normalized spacial score (nSPS) is 28.2. The second-order valence-electron chi connectivity index (χ2n) is 6.25. The molecule has 0 aromatic rings. The van der Waals surface area contributed by atoms with Gasteiger partial charge in [0.1, 0.15) is 0 Å². The highest BCUT2D eigenvalue weighted by molar-refractivity contribution is 5.00. The molecule has 0 aromatic carbocycles. The zero-order valence-electron chi connectivity index (χ0n) is 12.0. The van der Waals surface area contributed by atoms with Crippen LogP contribution < -0.4 is 5.32 Å². The maximum atomic E-state index is 13.4. The summed E-state index contributed by atoms with van der Waals surface area (Å²) in [5.41, 5.74) is -0.137. The zero-order chi connectivity index (χ0) is 14.8. The van der Waals surface area contributed by atoms with Crippen LogP contribution in [0.15, 0.2) is 0 Å². The molecule has 118 valence electrons. The lowest BCUT2D eigenvalue weighted by atomic mass is 9.79. The lowest BCUT2D eigenvalue weighted by Gasteiger charge is -2.50. The van der Waals surface area contributed by atoms with Crippen LogP contribution in [0.2, 0.25) is 0 Å². The van der Waals surface area contributed by atoms with E-state index >= 15 is 0 Å². The Morgan fingerprint density at radius 3 is 2.45 bits per heavy atom. The van der Waals surface area contributed by atoms with E-state index < -0.39 is 18.9 Å². The molecular weight excluding hydrogens is 272 g/mol. The monoisotopic (exact) mass is 296 g/mol. The van der Waals surface area contributed by atoms with Gasteiger partial charge in [-0.25, -0.2) is 8.78 Å². The van der Waals surface area contributed by atoms with Gasteiger partial charge < -0.3 is 5.32 Å². The number of halogens is 4. The Kier molecular flexibility index (Phi) is 4.95. The summed E-state index contributed by atoms with van der Waals surface area (Å²) in [7, 11) is 0. The van der Waals surface area contributed by atoms with E-state index in [0.29, 0.717) is 19.5 Å². The van der Waals surface area contributed by atoms with E-state index in [1.165, 1.54) is 6.42 Å². The average molecular weight is 296 g/mol. The van der Waals surface area contributed by atoms with Gasteiger partial charge in [-0.2, -0.15) is 8.78 Å². The molecule has 1 saturated carbocycles. The van der Waals surface area contributed by atoms with Crippen LogP contribution in [0.1, 0.15) is 45.4 Å². The predicted octanol–water partition coefficient (Wildman–Crippen LogP) is 3.27. The summed E-state index contributed by atoms with van der Waals surface area (Å²) >= 11 is 0. The third-order valence-electron chi connectivity index (χ3n) is 4.75. The molecule has 0 aromatic heterocycles. The van der Waals surface area contributed by atoms with E-state index in [2.05, 4.69) is 5.32 Å². The average Bonchev–Trinajstić information content (AvgIpc) is 2.39. The van der Waals surface area contributed by atoms with Crippen LogP contribution in [0.4, 0.5) is 17.6 Å². The third-order valence-corrected chi connectivity index (χ3v) is 4.75.